The minimum absolute atomic E-state index is 0.183. The molecule has 0 aromatic heterocycles. The lowest BCUT2D eigenvalue weighted by Gasteiger charge is -2.30. The van der Waals surface area contributed by atoms with Crippen molar-refractivity contribution < 1.29 is 5.11 Å². The highest BCUT2D eigenvalue weighted by molar-refractivity contribution is 5.18. The molecular formula is C14H23NO. The van der Waals surface area contributed by atoms with Crippen LogP contribution in [-0.2, 0) is 0 Å². The van der Waals surface area contributed by atoms with Crippen LogP contribution in [0.4, 0.5) is 0 Å². The summed E-state index contributed by atoms with van der Waals surface area (Å²) in [6, 6.07) is 10.1. The van der Waals surface area contributed by atoms with Crippen molar-refractivity contribution in [1.29, 1.82) is 0 Å². The topological polar surface area (TPSA) is 23.5 Å². The van der Waals surface area contributed by atoms with Gasteiger partial charge in [-0.3, -0.25) is 0 Å². The van der Waals surface area contributed by atoms with Gasteiger partial charge in [0.15, 0.2) is 0 Å². The first kappa shape index (κ1) is 13.2. The Morgan fingerprint density at radius 3 is 2.12 bits per heavy atom. The lowest BCUT2D eigenvalue weighted by atomic mass is 9.94. The average molecular weight is 221 g/mol. The van der Waals surface area contributed by atoms with Crippen LogP contribution >= 0.6 is 0 Å². The average Bonchev–Trinajstić information content (AvgIpc) is 2.25. The van der Waals surface area contributed by atoms with Crippen molar-refractivity contribution in [3.63, 3.8) is 0 Å². The largest absolute Gasteiger partial charge is 0.387 e. The van der Waals surface area contributed by atoms with E-state index in [0.29, 0.717) is 5.92 Å². The molecule has 2 nitrogen and oxygen atoms in total. The first-order valence-electron chi connectivity index (χ1n) is 5.91. The van der Waals surface area contributed by atoms with E-state index in [-0.39, 0.29) is 6.04 Å². The van der Waals surface area contributed by atoms with Crippen molar-refractivity contribution in [3.8, 4) is 0 Å². The molecule has 0 saturated heterocycles. The van der Waals surface area contributed by atoms with Crippen LogP contribution in [0, 0.1) is 5.92 Å². The number of nitrogens with zero attached hydrogens (tertiary/aromatic N) is 1. The summed E-state index contributed by atoms with van der Waals surface area (Å²) >= 11 is 0. The summed E-state index contributed by atoms with van der Waals surface area (Å²) in [5.41, 5.74) is 1.00. The highest BCUT2D eigenvalue weighted by atomic mass is 16.3. The van der Waals surface area contributed by atoms with E-state index in [1.807, 2.05) is 44.4 Å². The van der Waals surface area contributed by atoms with Crippen LogP contribution in [0.2, 0.25) is 0 Å². The highest BCUT2D eigenvalue weighted by Crippen LogP contribution is 2.24. The summed E-state index contributed by atoms with van der Waals surface area (Å²) in [5.74, 6) is 0.589. The zero-order valence-electron chi connectivity index (χ0n) is 10.7. The van der Waals surface area contributed by atoms with Gasteiger partial charge < -0.3 is 10.0 Å². The van der Waals surface area contributed by atoms with E-state index in [4.69, 9.17) is 0 Å². The first-order chi connectivity index (χ1) is 7.52. The SMILES string of the molecule is CC(C)C[C@@H](C(O)c1ccccc1)N(C)C. The predicted molar refractivity (Wildman–Crippen MR) is 68.3 cm³/mol. The molecule has 0 aliphatic carbocycles. The Morgan fingerprint density at radius 2 is 1.69 bits per heavy atom. The predicted octanol–water partition coefficient (Wildman–Crippen LogP) is 2.70. The molecule has 0 heterocycles. The van der Waals surface area contributed by atoms with Crippen LogP contribution in [0.3, 0.4) is 0 Å². The van der Waals surface area contributed by atoms with Gasteiger partial charge in [-0.15, -0.1) is 0 Å². The number of hydrogen-bond donors (Lipinski definition) is 1. The van der Waals surface area contributed by atoms with Crippen molar-refractivity contribution in [2.45, 2.75) is 32.4 Å². The summed E-state index contributed by atoms with van der Waals surface area (Å²) in [6.45, 7) is 4.38. The molecule has 0 aliphatic rings. The van der Waals surface area contributed by atoms with Crippen LogP contribution in [-0.4, -0.2) is 30.1 Å². The molecular weight excluding hydrogens is 198 g/mol. The molecule has 0 spiro atoms. The summed E-state index contributed by atoms with van der Waals surface area (Å²) in [4.78, 5) is 2.11. The molecule has 90 valence electrons. The van der Waals surface area contributed by atoms with Gasteiger partial charge in [-0.25, -0.2) is 0 Å². The second kappa shape index (κ2) is 6.02. The van der Waals surface area contributed by atoms with E-state index in [1.54, 1.807) is 0 Å². The number of aliphatic hydroxyl groups is 1. The first-order valence-corrected chi connectivity index (χ1v) is 5.91. The smallest absolute Gasteiger partial charge is 0.0945 e. The van der Waals surface area contributed by atoms with Crippen molar-refractivity contribution in [2.24, 2.45) is 5.92 Å². The maximum absolute atomic E-state index is 10.4. The molecule has 0 saturated carbocycles. The van der Waals surface area contributed by atoms with Gasteiger partial charge in [0.1, 0.15) is 0 Å². The molecule has 0 radical (unpaired) electrons. The molecule has 16 heavy (non-hydrogen) atoms. The van der Waals surface area contributed by atoms with Crippen LogP contribution in [0.5, 0.6) is 0 Å². The van der Waals surface area contributed by atoms with Gasteiger partial charge in [-0.1, -0.05) is 44.2 Å². The molecule has 1 rings (SSSR count). The van der Waals surface area contributed by atoms with Crippen molar-refractivity contribution in [3.05, 3.63) is 35.9 Å². The fourth-order valence-corrected chi connectivity index (χ4v) is 1.98. The van der Waals surface area contributed by atoms with Crippen molar-refractivity contribution >= 4 is 0 Å². The third-order valence-electron chi connectivity index (χ3n) is 2.88. The van der Waals surface area contributed by atoms with Crippen LogP contribution < -0.4 is 0 Å². The van der Waals surface area contributed by atoms with E-state index in [2.05, 4.69) is 18.7 Å². The lowest BCUT2D eigenvalue weighted by molar-refractivity contribution is 0.0633. The normalized spacial score (nSPS) is 15.4. The summed E-state index contributed by atoms with van der Waals surface area (Å²) in [5, 5.41) is 10.4. The van der Waals surface area contributed by atoms with E-state index in [9.17, 15) is 5.11 Å². The van der Waals surface area contributed by atoms with Crippen LogP contribution in [0.15, 0.2) is 30.3 Å². The number of aliphatic hydroxyl groups excluding tert-OH is 1. The van der Waals surface area contributed by atoms with E-state index in [0.717, 1.165) is 12.0 Å². The maximum Gasteiger partial charge on any atom is 0.0945 e. The van der Waals surface area contributed by atoms with Gasteiger partial charge >= 0.3 is 0 Å². The van der Waals surface area contributed by atoms with Crippen molar-refractivity contribution in [1.82, 2.24) is 4.90 Å². The fourth-order valence-electron chi connectivity index (χ4n) is 1.98. The maximum atomic E-state index is 10.4. The highest BCUT2D eigenvalue weighted by Gasteiger charge is 2.23. The van der Waals surface area contributed by atoms with Gasteiger partial charge in [0, 0.05) is 6.04 Å². The molecule has 2 atom stereocenters. The monoisotopic (exact) mass is 221 g/mol. The molecule has 0 aliphatic heterocycles. The molecule has 0 amide bonds. The second-order valence-corrected chi connectivity index (χ2v) is 5.02. The second-order valence-electron chi connectivity index (χ2n) is 5.02. The Bertz CT molecular complexity index is 295. The summed E-state index contributed by atoms with van der Waals surface area (Å²) in [6.07, 6.45) is 0.599. The Hall–Kier alpha value is -0.860. The van der Waals surface area contributed by atoms with Gasteiger partial charge in [0.05, 0.1) is 6.10 Å². The zero-order valence-corrected chi connectivity index (χ0v) is 10.7. The van der Waals surface area contributed by atoms with Gasteiger partial charge in [-0.2, -0.15) is 0 Å². The van der Waals surface area contributed by atoms with Crippen LogP contribution in [0.1, 0.15) is 31.9 Å². The summed E-state index contributed by atoms with van der Waals surface area (Å²) < 4.78 is 0. The van der Waals surface area contributed by atoms with Gasteiger partial charge in [0.25, 0.3) is 0 Å². The zero-order chi connectivity index (χ0) is 12.1. The number of likely N-dealkylation sites (N-methyl/N-ethyl adjacent to an activating group) is 1. The lowest BCUT2D eigenvalue weighted by Crippen LogP contribution is -2.35. The molecule has 1 aromatic carbocycles. The fraction of sp³-hybridized carbons (Fsp3) is 0.571. The molecule has 1 aromatic rings. The standard InChI is InChI=1S/C14H23NO/c1-11(2)10-13(15(3)4)14(16)12-8-6-5-7-9-12/h5-9,11,13-14,16H,10H2,1-4H3/t13-,14?/m0/s1. The minimum atomic E-state index is -0.404. The number of rotatable bonds is 5. The third-order valence-corrected chi connectivity index (χ3v) is 2.88. The number of benzene rings is 1. The van der Waals surface area contributed by atoms with E-state index in [1.165, 1.54) is 0 Å². The summed E-state index contributed by atoms with van der Waals surface area (Å²) in [7, 11) is 4.05. The third kappa shape index (κ3) is 3.62. The molecule has 1 unspecified atom stereocenters. The van der Waals surface area contributed by atoms with E-state index >= 15 is 0 Å². The number of hydrogen-bond acceptors (Lipinski definition) is 2. The Labute approximate surface area is 98.9 Å². The van der Waals surface area contributed by atoms with Gasteiger partial charge in [0.2, 0.25) is 0 Å². The molecule has 0 bridgehead atoms. The Balaban J connectivity index is 2.79. The Kier molecular flexibility index (Phi) is 4.97. The van der Waals surface area contributed by atoms with E-state index < -0.39 is 6.10 Å². The Morgan fingerprint density at radius 1 is 1.12 bits per heavy atom. The molecule has 2 heteroatoms. The van der Waals surface area contributed by atoms with Gasteiger partial charge in [-0.05, 0) is 32.0 Å². The quantitative estimate of drug-likeness (QED) is 0.826. The van der Waals surface area contributed by atoms with Crippen LogP contribution in [0.25, 0.3) is 0 Å². The molecule has 0 fully saturated rings. The minimum Gasteiger partial charge on any atom is -0.387 e. The molecule has 1 N–H and O–H groups in total. The van der Waals surface area contributed by atoms with Crippen molar-refractivity contribution in [2.75, 3.05) is 14.1 Å².